The van der Waals surface area contributed by atoms with E-state index in [9.17, 15) is 0 Å². The van der Waals surface area contributed by atoms with Crippen LogP contribution in [0.3, 0.4) is 0 Å². The van der Waals surface area contributed by atoms with Gasteiger partial charge in [0.2, 0.25) is 0 Å². The van der Waals surface area contributed by atoms with Gasteiger partial charge < -0.3 is 24.8 Å². The van der Waals surface area contributed by atoms with Crippen molar-refractivity contribution in [2.45, 2.75) is 40.2 Å². The Labute approximate surface area is 187 Å². The number of aliphatic imine (C=N–C) groups is 1. The number of nitrogens with zero attached hydrogens (tertiary/aromatic N) is 1. The molecule has 0 heterocycles. The second-order valence-corrected chi connectivity index (χ2v) is 6.74. The number of halogens is 1. The topological polar surface area (TPSA) is 64.1 Å². The summed E-state index contributed by atoms with van der Waals surface area (Å²) < 4.78 is 16.2. The SMILES string of the molecule is CCOCCCNC(=NCc1ccc(OC)cc1)NCCCOCC(C)C.I. The molecule has 0 radical (unpaired) electrons. The Morgan fingerprint density at radius 2 is 1.61 bits per heavy atom. The maximum Gasteiger partial charge on any atom is 0.191 e. The first kappa shape index (κ1) is 26.9. The Morgan fingerprint density at radius 3 is 2.14 bits per heavy atom. The van der Waals surface area contributed by atoms with Crippen LogP contribution in [0.25, 0.3) is 0 Å². The summed E-state index contributed by atoms with van der Waals surface area (Å²) in [5.74, 6) is 2.26. The molecule has 0 fully saturated rings. The van der Waals surface area contributed by atoms with Crippen molar-refractivity contribution in [3.8, 4) is 5.75 Å². The van der Waals surface area contributed by atoms with E-state index >= 15 is 0 Å². The predicted octanol–water partition coefficient (Wildman–Crippen LogP) is 3.84. The van der Waals surface area contributed by atoms with Crippen molar-refractivity contribution in [3.63, 3.8) is 0 Å². The maximum atomic E-state index is 5.62. The molecule has 0 bridgehead atoms. The van der Waals surface area contributed by atoms with Crippen LogP contribution in [0.2, 0.25) is 0 Å². The molecule has 0 aromatic heterocycles. The molecule has 0 aliphatic heterocycles. The summed E-state index contributed by atoms with van der Waals surface area (Å²) >= 11 is 0. The summed E-state index contributed by atoms with van der Waals surface area (Å²) in [6, 6.07) is 7.99. The number of benzene rings is 1. The van der Waals surface area contributed by atoms with Crippen molar-refractivity contribution in [2.75, 3.05) is 46.6 Å². The molecule has 0 saturated heterocycles. The quantitative estimate of drug-likeness (QED) is 0.174. The second kappa shape index (κ2) is 18.0. The molecule has 0 aliphatic carbocycles. The van der Waals surface area contributed by atoms with Gasteiger partial charge in [-0.05, 0) is 43.4 Å². The third-order valence-corrected chi connectivity index (χ3v) is 3.75. The minimum atomic E-state index is 0. The van der Waals surface area contributed by atoms with E-state index in [1.54, 1.807) is 7.11 Å². The number of guanidine groups is 1. The van der Waals surface area contributed by atoms with Crippen molar-refractivity contribution in [3.05, 3.63) is 29.8 Å². The lowest BCUT2D eigenvalue weighted by atomic mass is 10.2. The molecule has 1 rings (SSSR count). The number of rotatable bonds is 14. The van der Waals surface area contributed by atoms with Crippen LogP contribution >= 0.6 is 24.0 Å². The fraction of sp³-hybridized carbons (Fsp3) is 0.667. The van der Waals surface area contributed by atoms with E-state index in [2.05, 4.69) is 29.5 Å². The first-order valence-corrected chi connectivity index (χ1v) is 9.96. The maximum absolute atomic E-state index is 5.62. The second-order valence-electron chi connectivity index (χ2n) is 6.74. The smallest absolute Gasteiger partial charge is 0.191 e. The average molecular weight is 507 g/mol. The lowest BCUT2D eigenvalue weighted by molar-refractivity contribution is 0.108. The van der Waals surface area contributed by atoms with Crippen molar-refractivity contribution >= 4 is 29.9 Å². The van der Waals surface area contributed by atoms with E-state index in [-0.39, 0.29) is 24.0 Å². The van der Waals surface area contributed by atoms with Crippen LogP contribution in [0.4, 0.5) is 0 Å². The highest BCUT2D eigenvalue weighted by molar-refractivity contribution is 14.0. The van der Waals surface area contributed by atoms with Crippen molar-refractivity contribution in [1.29, 1.82) is 0 Å². The number of hydrogen-bond donors (Lipinski definition) is 2. The van der Waals surface area contributed by atoms with Crippen LogP contribution < -0.4 is 15.4 Å². The molecular formula is C21H38IN3O3. The Balaban J connectivity index is 0.00000729. The van der Waals surface area contributed by atoms with E-state index in [4.69, 9.17) is 14.2 Å². The van der Waals surface area contributed by atoms with E-state index in [1.165, 1.54) is 0 Å². The van der Waals surface area contributed by atoms with E-state index in [0.29, 0.717) is 12.5 Å². The standard InChI is InChI=1S/C21H37N3O3.HI/c1-5-26-14-6-12-22-21(23-13-7-15-27-17-18(2)3)24-16-19-8-10-20(25-4)11-9-19;/h8-11,18H,5-7,12-17H2,1-4H3,(H2,22,23,24);1H. The number of hydrogen-bond acceptors (Lipinski definition) is 4. The average Bonchev–Trinajstić information content (AvgIpc) is 2.68. The first-order chi connectivity index (χ1) is 13.2. The van der Waals surface area contributed by atoms with Gasteiger partial charge in [0.1, 0.15) is 5.75 Å². The number of nitrogens with one attached hydrogen (secondary N) is 2. The zero-order chi connectivity index (χ0) is 19.7. The third kappa shape index (κ3) is 14.0. The highest BCUT2D eigenvalue weighted by atomic mass is 127. The van der Waals surface area contributed by atoms with Crippen LogP contribution in [0.15, 0.2) is 29.3 Å². The van der Waals surface area contributed by atoms with Gasteiger partial charge in [-0.2, -0.15) is 0 Å². The van der Waals surface area contributed by atoms with Crippen molar-refractivity contribution in [1.82, 2.24) is 10.6 Å². The van der Waals surface area contributed by atoms with Gasteiger partial charge in [-0.25, -0.2) is 4.99 Å². The molecule has 0 unspecified atom stereocenters. The van der Waals surface area contributed by atoms with Gasteiger partial charge in [0.15, 0.2) is 5.96 Å². The number of ether oxygens (including phenoxy) is 3. The van der Waals surface area contributed by atoms with Crippen LogP contribution in [0.1, 0.15) is 39.2 Å². The fourth-order valence-electron chi connectivity index (χ4n) is 2.30. The minimum Gasteiger partial charge on any atom is -0.497 e. The highest BCUT2D eigenvalue weighted by Gasteiger charge is 2.00. The monoisotopic (exact) mass is 507 g/mol. The summed E-state index contributed by atoms with van der Waals surface area (Å²) in [7, 11) is 1.67. The summed E-state index contributed by atoms with van der Waals surface area (Å²) in [4.78, 5) is 4.69. The molecule has 0 saturated carbocycles. The van der Waals surface area contributed by atoms with Crippen molar-refractivity contribution in [2.24, 2.45) is 10.9 Å². The normalized spacial score (nSPS) is 11.2. The minimum absolute atomic E-state index is 0. The van der Waals surface area contributed by atoms with Gasteiger partial charge in [0.25, 0.3) is 0 Å². The van der Waals surface area contributed by atoms with Gasteiger partial charge in [-0.1, -0.05) is 26.0 Å². The van der Waals surface area contributed by atoms with E-state index < -0.39 is 0 Å². The van der Waals surface area contributed by atoms with Crippen molar-refractivity contribution < 1.29 is 14.2 Å². The largest absolute Gasteiger partial charge is 0.497 e. The van der Waals surface area contributed by atoms with Gasteiger partial charge in [0, 0.05) is 39.5 Å². The number of methoxy groups -OCH3 is 1. The van der Waals surface area contributed by atoms with Crippen LogP contribution in [0.5, 0.6) is 5.75 Å². The summed E-state index contributed by atoms with van der Waals surface area (Å²) in [5.41, 5.74) is 1.14. The summed E-state index contributed by atoms with van der Waals surface area (Å²) in [6.45, 7) is 11.7. The van der Waals surface area contributed by atoms with Crippen LogP contribution in [0, 0.1) is 5.92 Å². The highest BCUT2D eigenvalue weighted by Crippen LogP contribution is 2.11. The molecule has 0 amide bonds. The third-order valence-electron chi connectivity index (χ3n) is 3.75. The Kier molecular flexibility index (Phi) is 17.3. The molecule has 162 valence electrons. The zero-order valence-electron chi connectivity index (χ0n) is 17.8. The van der Waals surface area contributed by atoms with E-state index in [1.807, 2.05) is 31.2 Å². The molecule has 0 aliphatic rings. The van der Waals surface area contributed by atoms with Gasteiger partial charge in [0.05, 0.1) is 13.7 Å². The van der Waals surface area contributed by atoms with Gasteiger partial charge in [-0.3, -0.25) is 0 Å². The molecule has 1 aromatic carbocycles. The Morgan fingerprint density at radius 1 is 1.00 bits per heavy atom. The molecule has 1 aromatic rings. The van der Waals surface area contributed by atoms with Crippen LogP contribution in [-0.2, 0) is 16.0 Å². The van der Waals surface area contributed by atoms with Crippen LogP contribution in [-0.4, -0.2) is 52.6 Å². The molecular weight excluding hydrogens is 469 g/mol. The lowest BCUT2D eigenvalue weighted by Crippen LogP contribution is -2.39. The molecule has 0 spiro atoms. The molecule has 28 heavy (non-hydrogen) atoms. The Bertz CT molecular complexity index is 510. The lowest BCUT2D eigenvalue weighted by Gasteiger charge is -2.13. The predicted molar refractivity (Wildman–Crippen MR) is 127 cm³/mol. The van der Waals surface area contributed by atoms with E-state index in [0.717, 1.165) is 69.6 Å². The molecule has 0 atom stereocenters. The van der Waals surface area contributed by atoms with Gasteiger partial charge in [-0.15, -0.1) is 24.0 Å². The molecule has 2 N–H and O–H groups in total. The molecule has 6 nitrogen and oxygen atoms in total. The first-order valence-electron chi connectivity index (χ1n) is 9.96. The fourth-order valence-corrected chi connectivity index (χ4v) is 2.30. The Hall–Kier alpha value is -1.06. The molecule has 7 heteroatoms. The zero-order valence-corrected chi connectivity index (χ0v) is 20.2. The summed E-state index contributed by atoms with van der Waals surface area (Å²) in [6.07, 6.45) is 1.91. The van der Waals surface area contributed by atoms with Gasteiger partial charge >= 0.3 is 0 Å². The summed E-state index contributed by atoms with van der Waals surface area (Å²) in [5, 5.41) is 6.76.